The van der Waals surface area contributed by atoms with Gasteiger partial charge in [-0.3, -0.25) is 4.79 Å². The van der Waals surface area contributed by atoms with Gasteiger partial charge in [0.05, 0.1) is 31.2 Å². The topological polar surface area (TPSA) is 84.9 Å². The first-order valence-electron chi connectivity index (χ1n) is 9.58. The molecule has 0 radical (unpaired) electrons. The number of sulfonamides is 1. The van der Waals surface area contributed by atoms with Crippen molar-refractivity contribution in [3.05, 3.63) is 59.7 Å². The van der Waals surface area contributed by atoms with Crippen LogP contribution in [0.15, 0.2) is 53.4 Å². The van der Waals surface area contributed by atoms with Gasteiger partial charge in [-0.15, -0.1) is 0 Å². The minimum absolute atomic E-state index is 0.107. The fourth-order valence-corrected chi connectivity index (χ4v) is 4.26. The van der Waals surface area contributed by atoms with Gasteiger partial charge in [0.15, 0.2) is 0 Å². The number of hydrogen-bond donors (Lipinski definition) is 1. The zero-order valence-electron chi connectivity index (χ0n) is 16.6. The van der Waals surface area contributed by atoms with Crippen LogP contribution in [0.5, 0.6) is 5.75 Å². The number of aryl methyl sites for hydroxylation is 1. The smallest absolute Gasteiger partial charge is 0.241 e. The lowest BCUT2D eigenvalue weighted by Crippen LogP contribution is -2.46. The number of hydrogen-bond acceptors (Lipinski definition) is 5. The number of benzene rings is 2. The first kappa shape index (κ1) is 21.3. The van der Waals surface area contributed by atoms with Gasteiger partial charge in [-0.25, -0.2) is 13.1 Å². The van der Waals surface area contributed by atoms with Crippen molar-refractivity contribution in [3.63, 3.8) is 0 Å². The van der Waals surface area contributed by atoms with Crippen LogP contribution in [0.25, 0.3) is 0 Å². The number of ether oxygens (including phenoxy) is 2. The van der Waals surface area contributed by atoms with Gasteiger partial charge in [-0.2, -0.15) is 0 Å². The van der Waals surface area contributed by atoms with E-state index < -0.39 is 10.0 Å². The summed E-state index contributed by atoms with van der Waals surface area (Å²) in [6.07, 6.45) is -0.209. The molecule has 1 atom stereocenters. The molecule has 0 bridgehead atoms. The predicted molar refractivity (Wildman–Crippen MR) is 109 cm³/mol. The van der Waals surface area contributed by atoms with Crippen LogP contribution >= 0.6 is 0 Å². The summed E-state index contributed by atoms with van der Waals surface area (Å²) in [5.41, 5.74) is 1.72. The summed E-state index contributed by atoms with van der Waals surface area (Å²) in [6, 6.07) is 14.3. The molecule has 3 rings (SSSR count). The molecule has 29 heavy (non-hydrogen) atoms. The summed E-state index contributed by atoms with van der Waals surface area (Å²) in [5.74, 6) is 0.364. The first-order valence-corrected chi connectivity index (χ1v) is 11.1. The quantitative estimate of drug-likeness (QED) is 0.746. The van der Waals surface area contributed by atoms with E-state index in [0.29, 0.717) is 32.1 Å². The minimum Gasteiger partial charge on any atom is -0.494 e. The van der Waals surface area contributed by atoms with Crippen molar-refractivity contribution < 1.29 is 22.7 Å². The molecular formula is C21H26N2O5S. The molecule has 0 unspecified atom stereocenters. The molecule has 0 aliphatic carbocycles. The second kappa shape index (κ2) is 9.39. The van der Waals surface area contributed by atoms with Gasteiger partial charge in [0, 0.05) is 6.54 Å². The van der Waals surface area contributed by atoms with Crippen molar-refractivity contribution in [2.45, 2.75) is 24.8 Å². The number of amides is 1. The number of morpholine rings is 1. The van der Waals surface area contributed by atoms with Crippen LogP contribution in [0.3, 0.4) is 0 Å². The average Bonchev–Trinajstić information content (AvgIpc) is 2.74. The number of rotatable bonds is 7. The molecule has 8 heteroatoms. The molecule has 1 amide bonds. The summed E-state index contributed by atoms with van der Waals surface area (Å²) in [4.78, 5) is 14.3. The standard InChI is InChI=1S/C21H26N2O5S/c1-3-27-19-10-9-18(13-16(19)2)29(25,26)22-14-21(24)23-11-12-28-20(15-23)17-7-5-4-6-8-17/h4-10,13,20,22H,3,11-12,14-15H2,1-2H3/t20-/m1/s1. The fourth-order valence-electron chi connectivity index (χ4n) is 3.20. The molecule has 0 spiro atoms. The number of carbonyl (C=O) groups excluding carboxylic acids is 1. The van der Waals surface area contributed by atoms with Crippen LogP contribution < -0.4 is 9.46 Å². The Morgan fingerprint density at radius 2 is 2.00 bits per heavy atom. The van der Waals surface area contributed by atoms with Gasteiger partial charge in [-0.1, -0.05) is 30.3 Å². The van der Waals surface area contributed by atoms with E-state index in [-0.39, 0.29) is 23.5 Å². The molecule has 0 saturated carbocycles. The van der Waals surface area contributed by atoms with Crippen molar-refractivity contribution in [1.82, 2.24) is 9.62 Å². The van der Waals surface area contributed by atoms with Crippen LogP contribution in [0.4, 0.5) is 0 Å². The van der Waals surface area contributed by atoms with Gasteiger partial charge in [0.25, 0.3) is 0 Å². The van der Waals surface area contributed by atoms with Gasteiger partial charge in [0.1, 0.15) is 11.9 Å². The van der Waals surface area contributed by atoms with Crippen LogP contribution in [0.1, 0.15) is 24.2 Å². The van der Waals surface area contributed by atoms with E-state index in [0.717, 1.165) is 11.1 Å². The summed E-state index contributed by atoms with van der Waals surface area (Å²) in [5, 5.41) is 0. The number of nitrogens with zero attached hydrogens (tertiary/aromatic N) is 1. The van der Waals surface area contributed by atoms with E-state index in [1.807, 2.05) is 37.3 Å². The van der Waals surface area contributed by atoms with Crippen molar-refractivity contribution in [1.29, 1.82) is 0 Å². The summed E-state index contributed by atoms with van der Waals surface area (Å²) >= 11 is 0. The van der Waals surface area contributed by atoms with E-state index in [2.05, 4.69) is 4.72 Å². The predicted octanol–water partition coefficient (Wildman–Crippen LogP) is 2.27. The Labute approximate surface area is 171 Å². The van der Waals surface area contributed by atoms with Crippen molar-refractivity contribution >= 4 is 15.9 Å². The monoisotopic (exact) mass is 418 g/mol. The highest BCUT2D eigenvalue weighted by Gasteiger charge is 2.26. The van der Waals surface area contributed by atoms with Crippen LogP contribution in [0.2, 0.25) is 0 Å². The third kappa shape index (κ3) is 5.35. The number of carbonyl (C=O) groups is 1. The van der Waals surface area contributed by atoms with E-state index in [1.54, 1.807) is 17.9 Å². The van der Waals surface area contributed by atoms with Crippen molar-refractivity contribution in [3.8, 4) is 5.75 Å². The minimum atomic E-state index is -3.80. The molecule has 1 saturated heterocycles. The van der Waals surface area contributed by atoms with Crippen LogP contribution in [-0.4, -0.2) is 52.1 Å². The highest BCUT2D eigenvalue weighted by atomic mass is 32.2. The summed E-state index contributed by atoms with van der Waals surface area (Å²) < 4.78 is 38.8. The van der Waals surface area contributed by atoms with E-state index in [1.165, 1.54) is 12.1 Å². The SMILES string of the molecule is CCOc1ccc(S(=O)(=O)NCC(=O)N2CCO[C@@H](c3ccccc3)C2)cc1C. The molecule has 2 aromatic carbocycles. The molecule has 1 heterocycles. The van der Waals surface area contributed by atoms with Gasteiger partial charge >= 0.3 is 0 Å². The van der Waals surface area contributed by atoms with Crippen LogP contribution in [0, 0.1) is 6.92 Å². The second-order valence-electron chi connectivity index (χ2n) is 6.79. The Morgan fingerprint density at radius 3 is 2.69 bits per heavy atom. The lowest BCUT2D eigenvalue weighted by atomic mass is 10.1. The maximum Gasteiger partial charge on any atom is 0.241 e. The maximum absolute atomic E-state index is 12.6. The Kier molecular flexibility index (Phi) is 6.89. The van der Waals surface area contributed by atoms with E-state index in [4.69, 9.17) is 9.47 Å². The van der Waals surface area contributed by atoms with Gasteiger partial charge in [-0.05, 0) is 43.2 Å². The Bertz CT molecular complexity index is 947. The van der Waals surface area contributed by atoms with E-state index >= 15 is 0 Å². The second-order valence-corrected chi connectivity index (χ2v) is 8.56. The molecule has 0 aromatic heterocycles. The number of nitrogens with one attached hydrogen (secondary N) is 1. The van der Waals surface area contributed by atoms with Crippen molar-refractivity contribution in [2.75, 3.05) is 32.8 Å². The highest BCUT2D eigenvalue weighted by Crippen LogP contribution is 2.23. The molecule has 1 aliphatic heterocycles. The summed E-state index contributed by atoms with van der Waals surface area (Å²) in [7, 11) is -3.80. The summed E-state index contributed by atoms with van der Waals surface area (Å²) in [6.45, 7) is 5.10. The Balaban J connectivity index is 1.61. The molecule has 156 valence electrons. The zero-order chi connectivity index (χ0) is 20.9. The maximum atomic E-state index is 12.6. The van der Waals surface area contributed by atoms with E-state index in [9.17, 15) is 13.2 Å². The molecule has 2 aromatic rings. The molecular weight excluding hydrogens is 392 g/mol. The molecule has 1 aliphatic rings. The fraction of sp³-hybridized carbons (Fsp3) is 0.381. The van der Waals surface area contributed by atoms with Crippen molar-refractivity contribution in [2.24, 2.45) is 0 Å². The largest absolute Gasteiger partial charge is 0.494 e. The third-order valence-corrected chi connectivity index (χ3v) is 6.16. The first-order chi connectivity index (χ1) is 13.9. The van der Waals surface area contributed by atoms with Gasteiger partial charge in [0.2, 0.25) is 15.9 Å². The Morgan fingerprint density at radius 1 is 1.24 bits per heavy atom. The Hall–Kier alpha value is -2.42. The normalized spacial score (nSPS) is 17.2. The molecule has 7 nitrogen and oxygen atoms in total. The zero-order valence-corrected chi connectivity index (χ0v) is 17.4. The third-order valence-electron chi connectivity index (χ3n) is 4.76. The molecule has 1 N–H and O–H groups in total. The molecule has 1 fully saturated rings. The average molecular weight is 419 g/mol. The highest BCUT2D eigenvalue weighted by molar-refractivity contribution is 7.89. The van der Waals surface area contributed by atoms with Gasteiger partial charge < -0.3 is 14.4 Å². The lowest BCUT2D eigenvalue weighted by molar-refractivity contribution is -0.137. The lowest BCUT2D eigenvalue weighted by Gasteiger charge is -2.33. The van der Waals surface area contributed by atoms with Crippen LogP contribution in [-0.2, 0) is 19.6 Å².